The Labute approximate surface area is 106 Å². The van der Waals surface area contributed by atoms with Crippen molar-refractivity contribution in [3.8, 4) is 0 Å². The number of hydrogen-bond acceptors (Lipinski definition) is 2. The quantitative estimate of drug-likeness (QED) is 0.560. The standard InChI is InChI=1S/C15H26N2/c1-4-9-12(3)15(17-16)14(5-2)13-10-7-6-8-11-13/h6-8,10-12,14-15,17H,4-5,9,16H2,1-3H3. The molecule has 1 aromatic rings. The van der Waals surface area contributed by atoms with Crippen LogP contribution in [0.2, 0.25) is 0 Å². The van der Waals surface area contributed by atoms with Gasteiger partial charge in [0.05, 0.1) is 0 Å². The molecular weight excluding hydrogens is 208 g/mol. The molecule has 0 fully saturated rings. The first-order valence-electron chi connectivity index (χ1n) is 6.75. The third-order valence-electron chi connectivity index (χ3n) is 3.65. The van der Waals surface area contributed by atoms with Crippen LogP contribution in [0.15, 0.2) is 30.3 Å². The first-order valence-corrected chi connectivity index (χ1v) is 6.75. The second-order valence-corrected chi connectivity index (χ2v) is 4.88. The molecule has 0 saturated carbocycles. The number of rotatable bonds is 7. The van der Waals surface area contributed by atoms with Crippen LogP contribution < -0.4 is 11.3 Å². The molecule has 0 aliphatic carbocycles. The molecule has 17 heavy (non-hydrogen) atoms. The Morgan fingerprint density at radius 2 is 1.82 bits per heavy atom. The second kappa shape index (κ2) is 7.46. The van der Waals surface area contributed by atoms with E-state index >= 15 is 0 Å². The minimum atomic E-state index is 0.363. The largest absolute Gasteiger partial charge is 0.271 e. The van der Waals surface area contributed by atoms with Crippen LogP contribution in [-0.2, 0) is 0 Å². The molecule has 0 saturated heterocycles. The van der Waals surface area contributed by atoms with Gasteiger partial charge >= 0.3 is 0 Å². The van der Waals surface area contributed by atoms with E-state index in [4.69, 9.17) is 5.84 Å². The average molecular weight is 234 g/mol. The van der Waals surface area contributed by atoms with Crippen LogP contribution in [0, 0.1) is 5.92 Å². The maximum atomic E-state index is 5.77. The van der Waals surface area contributed by atoms with E-state index in [1.807, 2.05) is 0 Å². The van der Waals surface area contributed by atoms with E-state index in [2.05, 4.69) is 56.5 Å². The van der Waals surface area contributed by atoms with Gasteiger partial charge in [0.15, 0.2) is 0 Å². The lowest BCUT2D eigenvalue weighted by Crippen LogP contribution is -2.44. The highest BCUT2D eigenvalue weighted by molar-refractivity contribution is 5.21. The number of hydrogen-bond donors (Lipinski definition) is 2. The van der Waals surface area contributed by atoms with Crippen LogP contribution in [-0.4, -0.2) is 6.04 Å². The topological polar surface area (TPSA) is 38.0 Å². The molecule has 1 aromatic carbocycles. The van der Waals surface area contributed by atoms with E-state index in [0.29, 0.717) is 17.9 Å². The van der Waals surface area contributed by atoms with E-state index in [-0.39, 0.29) is 0 Å². The number of nitrogens with two attached hydrogens (primary N) is 1. The van der Waals surface area contributed by atoms with E-state index in [1.54, 1.807) is 0 Å². The highest BCUT2D eigenvalue weighted by Crippen LogP contribution is 2.28. The molecule has 1 rings (SSSR count). The van der Waals surface area contributed by atoms with Crippen molar-refractivity contribution in [2.24, 2.45) is 11.8 Å². The summed E-state index contributed by atoms with van der Waals surface area (Å²) in [5, 5.41) is 0. The smallest absolute Gasteiger partial charge is 0.0304 e. The summed E-state index contributed by atoms with van der Waals surface area (Å²) in [4.78, 5) is 0. The predicted octanol–water partition coefficient (Wildman–Crippen LogP) is 3.45. The fraction of sp³-hybridized carbons (Fsp3) is 0.600. The number of benzene rings is 1. The van der Waals surface area contributed by atoms with Crippen molar-refractivity contribution in [3.63, 3.8) is 0 Å². The van der Waals surface area contributed by atoms with Crippen molar-refractivity contribution < 1.29 is 0 Å². The van der Waals surface area contributed by atoms with Crippen molar-refractivity contribution in [2.45, 2.75) is 52.0 Å². The van der Waals surface area contributed by atoms with Gasteiger partial charge in [-0.25, -0.2) is 0 Å². The molecule has 3 unspecified atom stereocenters. The monoisotopic (exact) mass is 234 g/mol. The van der Waals surface area contributed by atoms with Crippen LogP contribution in [0.1, 0.15) is 51.5 Å². The Hall–Kier alpha value is -0.860. The van der Waals surface area contributed by atoms with Gasteiger partial charge in [-0.15, -0.1) is 0 Å². The summed E-state index contributed by atoms with van der Waals surface area (Å²) in [5.41, 5.74) is 4.43. The fourth-order valence-corrected chi connectivity index (χ4v) is 2.71. The van der Waals surface area contributed by atoms with E-state index < -0.39 is 0 Å². The van der Waals surface area contributed by atoms with Gasteiger partial charge in [-0.05, 0) is 24.3 Å². The second-order valence-electron chi connectivity index (χ2n) is 4.88. The summed E-state index contributed by atoms with van der Waals surface area (Å²) in [5.74, 6) is 6.88. The number of nitrogens with one attached hydrogen (secondary N) is 1. The van der Waals surface area contributed by atoms with Gasteiger partial charge in [0.25, 0.3) is 0 Å². The SMILES string of the molecule is CCCC(C)C(NN)C(CC)c1ccccc1. The lowest BCUT2D eigenvalue weighted by atomic mass is 9.81. The first kappa shape index (κ1) is 14.2. The van der Waals surface area contributed by atoms with Crippen LogP contribution in [0.3, 0.4) is 0 Å². The third-order valence-corrected chi connectivity index (χ3v) is 3.65. The van der Waals surface area contributed by atoms with Gasteiger partial charge < -0.3 is 0 Å². The van der Waals surface area contributed by atoms with Crippen LogP contribution >= 0.6 is 0 Å². The van der Waals surface area contributed by atoms with E-state index in [1.165, 1.54) is 18.4 Å². The Balaban J connectivity index is 2.83. The van der Waals surface area contributed by atoms with Crippen molar-refractivity contribution in [1.82, 2.24) is 5.43 Å². The lowest BCUT2D eigenvalue weighted by Gasteiger charge is -2.31. The summed E-state index contributed by atoms with van der Waals surface area (Å²) >= 11 is 0. The normalized spacial score (nSPS) is 16.5. The molecule has 0 aliphatic rings. The summed E-state index contributed by atoms with van der Waals surface area (Å²) in [6, 6.07) is 11.1. The Morgan fingerprint density at radius 3 is 2.29 bits per heavy atom. The summed E-state index contributed by atoms with van der Waals surface area (Å²) in [7, 11) is 0. The fourth-order valence-electron chi connectivity index (χ4n) is 2.71. The minimum absolute atomic E-state index is 0.363. The van der Waals surface area contributed by atoms with Gasteiger partial charge in [0, 0.05) is 12.0 Å². The van der Waals surface area contributed by atoms with Crippen LogP contribution in [0.4, 0.5) is 0 Å². The molecule has 2 nitrogen and oxygen atoms in total. The first-order chi connectivity index (χ1) is 8.24. The Bertz CT molecular complexity index is 297. The Morgan fingerprint density at radius 1 is 1.18 bits per heavy atom. The van der Waals surface area contributed by atoms with Crippen molar-refractivity contribution >= 4 is 0 Å². The molecular formula is C15H26N2. The van der Waals surface area contributed by atoms with Crippen molar-refractivity contribution in [2.75, 3.05) is 0 Å². The van der Waals surface area contributed by atoms with Crippen molar-refractivity contribution in [1.29, 1.82) is 0 Å². The zero-order valence-corrected chi connectivity index (χ0v) is 11.3. The maximum Gasteiger partial charge on any atom is 0.0304 e. The van der Waals surface area contributed by atoms with Gasteiger partial charge in [-0.1, -0.05) is 57.5 Å². The Kier molecular flexibility index (Phi) is 6.23. The average Bonchev–Trinajstić information content (AvgIpc) is 2.37. The minimum Gasteiger partial charge on any atom is -0.271 e. The highest BCUT2D eigenvalue weighted by Gasteiger charge is 2.25. The lowest BCUT2D eigenvalue weighted by molar-refractivity contribution is 0.305. The van der Waals surface area contributed by atoms with Gasteiger partial charge in [0.1, 0.15) is 0 Å². The van der Waals surface area contributed by atoms with Crippen LogP contribution in [0.25, 0.3) is 0 Å². The summed E-state index contributed by atoms with van der Waals surface area (Å²) < 4.78 is 0. The van der Waals surface area contributed by atoms with E-state index in [9.17, 15) is 0 Å². The van der Waals surface area contributed by atoms with E-state index in [0.717, 1.165) is 6.42 Å². The molecule has 96 valence electrons. The highest BCUT2D eigenvalue weighted by atomic mass is 15.2. The summed E-state index contributed by atoms with van der Waals surface area (Å²) in [6.07, 6.45) is 3.55. The number of hydrazine groups is 1. The molecule has 0 aromatic heterocycles. The third kappa shape index (κ3) is 3.83. The molecule has 2 heteroatoms. The zero-order chi connectivity index (χ0) is 12.7. The molecule has 3 atom stereocenters. The molecule has 0 radical (unpaired) electrons. The zero-order valence-electron chi connectivity index (χ0n) is 11.3. The van der Waals surface area contributed by atoms with Crippen molar-refractivity contribution in [3.05, 3.63) is 35.9 Å². The van der Waals surface area contributed by atoms with Gasteiger partial charge in [-0.3, -0.25) is 11.3 Å². The van der Waals surface area contributed by atoms with Gasteiger partial charge in [0.2, 0.25) is 0 Å². The molecule has 0 amide bonds. The molecule has 0 spiro atoms. The molecule has 0 heterocycles. The predicted molar refractivity (Wildman–Crippen MR) is 74.7 cm³/mol. The molecule has 0 bridgehead atoms. The van der Waals surface area contributed by atoms with Crippen LogP contribution in [0.5, 0.6) is 0 Å². The van der Waals surface area contributed by atoms with Gasteiger partial charge in [-0.2, -0.15) is 0 Å². The maximum absolute atomic E-state index is 5.77. The molecule has 0 aliphatic heterocycles. The molecule has 3 N–H and O–H groups in total. The summed E-state index contributed by atoms with van der Waals surface area (Å²) in [6.45, 7) is 6.76.